The first kappa shape index (κ1) is 16.6. The van der Waals surface area contributed by atoms with Gasteiger partial charge in [-0.15, -0.1) is 11.3 Å². The van der Waals surface area contributed by atoms with Gasteiger partial charge in [-0.25, -0.2) is 9.78 Å². The lowest BCUT2D eigenvalue weighted by molar-refractivity contribution is -0.113. The van der Waals surface area contributed by atoms with Crippen LogP contribution in [0.4, 0.5) is 5.00 Å². The summed E-state index contributed by atoms with van der Waals surface area (Å²) in [6.45, 7) is 5.82. The van der Waals surface area contributed by atoms with Gasteiger partial charge in [0.2, 0.25) is 5.91 Å². The van der Waals surface area contributed by atoms with Crippen LogP contribution in [0.2, 0.25) is 0 Å². The smallest absolute Gasteiger partial charge is 0.341 e. The van der Waals surface area contributed by atoms with E-state index in [0.29, 0.717) is 22.3 Å². The molecule has 0 aliphatic heterocycles. The van der Waals surface area contributed by atoms with Gasteiger partial charge >= 0.3 is 5.97 Å². The lowest BCUT2D eigenvalue weighted by Crippen LogP contribution is -2.16. The van der Waals surface area contributed by atoms with E-state index in [0.717, 1.165) is 10.4 Å². The number of ether oxygens (including phenoxy) is 1. The molecule has 0 aliphatic carbocycles. The predicted molar refractivity (Wildman–Crippen MR) is 87.7 cm³/mol. The Bertz CT molecular complexity index is 665. The number of amides is 1. The molecular weight excluding hydrogens is 322 g/mol. The van der Waals surface area contributed by atoms with Crippen LogP contribution in [0.1, 0.15) is 27.7 Å². The number of aryl methyl sites for hydroxylation is 1. The number of esters is 1. The molecule has 1 amide bonds. The number of hydrogen-bond acceptors (Lipinski definition) is 6. The molecule has 2 aromatic rings. The van der Waals surface area contributed by atoms with Crippen molar-refractivity contribution in [1.29, 1.82) is 0 Å². The Balaban J connectivity index is 2.06. The Kier molecular flexibility index (Phi) is 5.62. The molecular formula is C14H17N3O3S2. The summed E-state index contributed by atoms with van der Waals surface area (Å²) in [5.41, 5.74) is 1.29. The Hall–Kier alpha value is -1.80. The molecule has 0 unspecified atom stereocenters. The summed E-state index contributed by atoms with van der Waals surface area (Å²) in [4.78, 5) is 32.0. The third kappa shape index (κ3) is 3.89. The second-order valence-corrected chi connectivity index (χ2v) is 6.63. The first-order valence-corrected chi connectivity index (χ1v) is 8.52. The van der Waals surface area contributed by atoms with Crippen molar-refractivity contribution < 1.29 is 14.3 Å². The lowest BCUT2D eigenvalue weighted by Gasteiger charge is -2.06. The minimum Gasteiger partial charge on any atom is -0.462 e. The largest absolute Gasteiger partial charge is 0.462 e. The van der Waals surface area contributed by atoms with Gasteiger partial charge in [0.1, 0.15) is 5.00 Å². The summed E-state index contributed by atoms with van der Waals surface area (Å²) in [6.07, 6.45) is 3.33. The van der Waals surface area contributed by atoms with Crippen LogP contribution in [0, 0.1) is 13.8 Å². The van der Waals surface area contributed by atoms with Crippen LogP contribution in [-0.4, -0.2) is 34.2 Å². The highest BCUT2D eigenvalue weighted by Gasteiger charge is 2.22. The number of aromatic nitrogens is 2. The van der Waals surface area contributed by atoms with E-state index in [1.807, 2.05) is 13.8 Å². The van der Waals surface area contributed by atoms with Gasteiger partial charge in [-0.3, -0.25) is 4.79 Å². The highest BCUT2D eigenvalue weighted by atomic mass is 32.2. The zero-order valence-electron chi connectivity index (χ0n) is 12.6. The van der Waals surface area contributed by atoms with Gasteiger partial charge in [0, 0.05) is 17.3 Å². The van der Waals surface area contributed by atoms with Gasteiger partial charge in [-0.2, -0.15) is 0 Å². The van der Waals surface area contributed by atoms with Crippen LogP contribution in [0.25, 0.3) is 0 Å². The van der Waals surface area contributed by atoms with Crippen LogP contribution in [-0.2, 0) is 9.53 Å². The molecule has 2 rings (SSSR count). The number of nitrogens with one attached hydrogen (secondary N) is 2. The van der Waals surface area contributed by atoms with Crippen molar-refractivity contribution >= 4 is 40.0 Å². The normalized spacial score (nSPS) is 10.5. The van der Waals surface area contributed by atoms with E-state index < -0.39 is 5.97 Å². The fraction of sp³-hybridized carbons (Fsp3) is 0.357. The number of aromatic amines is 1. The number of carbonyl (C=O) groups excluding carboxylic acids is 2. The molecule has 0 radical (unpaired) electrons. The van der Waals surface area contributed by atoms with E-state index in [1.165, 1.54) is 23.1 Å². The van der Waals surface area contributed by atoms with E-state index in [-0.39, 0.29) is 11.7 Å². The quantitative estimate of drug-likeness (QED) is 0.624. The number of hydrogen-bond donors (Lipinski definition) is 2. The van der Waals surface area contributed by atoms with Gasteiger partial charge in [-0.1, -0.05) is 11.8 Å². The van der Waals surface area contributed by atoms with Crippen LogP contribution in [0.15, 0.2) is 17.6 Å². The van der Waals surface area contributed by atoms with E-state index in [4.69, 9.17) is 4.74 Å². The van der Waals surface area contributed by atoms with Crippen LogP contribution < -0.4 is 5.32 Å². The van der Waals surface area contributed by atoms with Crippen molar-refractivity contribution in [2.45, 2.75) is 25.9 Å². The summed E-state index contributed by atoms with van der Waals surface area (Å²) in [7, 11) is 0. The second-order valence-electron chi connectivity index (χ2n) is 4.44. The Morgan fingerprint density at radius 2 is 2.23 bits per heavy atom. The number of nitrogens with zero attached hydrogens (tertiary/aromatic N) is 1. The number of thiophene rings is 1. The maximum absolute atomic E-state index is 12.0. The number of anilines is 1. The van der Waals surface area contributed by atoms with E-state index >= 15 is 0 Å². The molecule has 22 heavy (non-hydrogen) atoms. The second kappa shape index (κ2) is 7.46. The van der Waals surface area contributed by atoms with Gasteiger partial charge in [0.05, 0.1) is 17.9 Å². The van der Waals surface area contributed by atoms with E-state index in [2.05, 4.69) is 15.3 Å². The van der Waals surface area contributed by atoms with Crippen molar-refractivity contribution in [3.05, 3.63) is 28.4 Å². The first-order valence-electron chi connectivity index (χ1n) is 6.72. The third-order valence-electron chi connectivity index (χ3n) is 2.93. The summed E-state index contributed by atoms with van der Waals surface area (Å²) >= 11 is 2.68. The standard InChI is InChI=1S/C14H17N3O3S2/c1-4-20-13(19)11-8(2)9(3)22-12(11)17-10(18)7-21-14-15-5-6-16-14/h5-6H,4,7H2,1-3H3,(H,15,16)(H,17,18). The van der Waals surface area contributed by atoms with Gasteiger partial charge in [-0.05, 0) is 26.3 Å². The molecule has 2 N–H and O–H groups in total. The van der Waals surface area contributed by atoms with Crippen molar-refractivity contribution in [3.8, 4) is 0 Å². The first-order chi connectivity index (χ1) is 10.5. The fourth-order valence-corrected chi connectivity index (χ4v) is 3.48. The predicted octanol–water partition coefficient (Wildman–Crippen LogP) is 3.00. The molecule has 0 saturated carbocycles. The lowest BCUT2D eigenvalue weighted by atomic mass is 10.1. The zero-order chi connectivity index (χ0) is 16.1. The minimum atomic E-state index is -0.404. The van der Waals surface area contributed by atoms with Crippen molar-refractivity contribution in [2.24, 2.45) is 0 Å². The highest BCUT2D eigenvalue weighted by Crippen LogP contribution is 2.33. The fourth-order valence-electron chi connectivity index (χ4n) is 1.79. The Labute approximate surface area is 136 Å². The molecule has 0 aliphatic rings. The van der Waals surface area contributed by atoms with Gasteiger partial charge < -0.3 is 15.0 Å². The third-order valence-corrected chi connectivity index (χ3v) is 4.96. The molecule has 118 valence electrons. The molecule has 8 heteroatoms. The molecule has 2 aromatic heterocycles. The van der Waals surface area contributed by atoms with Crippen LogP contribution in [0.5, 0.6) is 0 Å². The summed E-state index contributed by atoms with van der Waals surface area (Å²) in [6, 6.07) is 0. The van der Waals surface area contributed by atoms with Crippen molar-refractivity contribution in [2.75, 3.05) is 17.7 Å². The van der Waals surface area contributed by atoms with E-state index in [9.17, 15) is 9.59 Å². The molecule has 0 aromatic carbocycles. The molecule has 6 nitrogen and oxygen atoms in total. The van der Waals surface area contributed by atoms with Crippen molar-refractivity contribution in [3.63, 3.8) is 0 Å². The molecule has 0 bridgehead atoms. The Morgan fingerprint density at radius 1 is 1.45 bits per heavy atom. The van der Waals surface area contributed by atoms with Gasteiger partial charge in [0.25, 0.3) is 0 Å². The maximum Gasteiger partial charge on any atom is 0.341 e. The average Bonchev–Trinajstić information content (AvgIpc) is 3.06. The number of carbonyl (C=O) groups is 2. The Morgan fingerprint density at radius 3 is 2.86 bits per heavy atom. The van der Waals surface area contributed by atoms with E-state index in [1.54, 1.807) is 19.3 Å². The molecule has 0 spiro atoms. The zero-order valence-corrected chi connectivity index (χ0v) is 14.2. The van der Waals surface area contributed by atoms with Gasteiger partial charge in [0.15, 0.2) is 5.16 Å². The molecule has 0 atom stereocenters. The topological polar surface area (TPSA) is 84.1 Å². The number of thioether (sulfide) groups is 1. The minimum absolute atomic E-state index is 0.187. The van der Waals surface area contributed by atoms with Crippen LogP contribution >= 0.6 is 23.1 Å². The monoisotopic (exact) mass is 339 g/mol. The SMILES string of the molecule is CCOC(=O)c1c(NC(=O)CSc2ncc[nH]2)sc(C)c1C. The molecule has 0 fully saturated rings. The average molecular weight is 339 g/mol. The molecule has 0 saturated heterocycles. The molecule has 2 heterocycles. The van der Waals surface area contributed by atoms with Crippen molar-refractivity contribution in [1.82, 2.24) is 9.97 Å². The number of rotatable bonds is 6. The number of H-pyrrole nitrogens is 1. The van der Waals surface area contributed by atoms with Crippen LogP contribution in [0.3, 0.4) is 0 Å². The highest BCUT2D eigenvalue weighted by molar-refractivity contribution is 7.99. The number of imidazole rings is 1. The maximum atomic E-state index is 12.0. The summed E-state index contributed by atoms with van der Waals surface area (Å²) in [5.74, 6) is -0.377. The summed E-state index contributed by atoms with van der Waals surface area (Å²) < 4.78 is 5.06. The summed E-state index contributed by atoms with van der Waals surface area (Å²) in [5, 5.41) is 4.01.